The molecule has 5 heteroatoms. The number of carbonyl (C=O) groups is 1. The number of piperazine rings is 1. The van der Waals surface area contributed by atoms with Crippen molar-refractivity contribution in [2.45, 2.75) is 32.6 Å². The van der Waals surface area contributed by atoms with Crippen molar-refractivity contribution < 1.29 is 9.53 Å². The van der Waals surface area contributed by atoms with Gasteiger partial charge in [0.05, 0.1) is 6.61 Å². The summed E-state index contributed by atoms with van der Waals surface area (Å²) in [6.45, 7) is 11.2. The van der Waals surface area contributed by atoms with Gasteiger partial charge in [0.15, 0.2) is 0 Å². The first-order valence-corrected chi connectivity index (χ1v) is 14.1. The van der Waals surface area contributed by atoms with E-state index in [4.69, 9.17) is 4.74 Å². The van der Waals surface area contributed by atoms with E-state index in [1.54, 1.807) is 0 Å². The molecule has 1 atom stereocenters. The molecule has 0 spiro atoms. The summed E-state index contributed by atoms with van der Waals surface area (Å²) in [6.07, 6.45) is 4.82. The van der Waals surface area contributed by atoms with Gasteiger partial charge in [-0.15, -0.1) is 0 Å². The molecule has 2 saturated heterocycles. The molecule has 3 aromatic rings. The summed E-state index contributed by atoms with van der Waals surface area (Å²) >= 11 is 0. The Labute approximate surface area is 222 Å². The van der Waals surface area contributed by atoms with Crippen molar-refractivity contribution >= 4 is 16.7 Å². The Morgan fingerprint density at radius 1 is 0.865 bits per heavy atom. The molecule has 0 aliphatic carbocycles. The van der Waals surface area contributed by atoms with Crippen LogP contribution in [0, 0.1) is 5.92 Å². The molecule has 0 aromatic heterocycles. The first kappa shape index (κ1) is 25.7. The van der Waals surface area contributed by atoms with Crippen LogP contribution >= 0.6 is 0 Å². The van der Waals surface area contributed by atoms with E-state index in [0.29, 0.717) is 0 Å². The molecule has 37 heavy (non-hydrogen) atoms. The maximum atomic E-state index is 13.2. The summed E-state index contributed by atoms with van der Waals surface area (Å²) in [5.41, 5.74) is 2.15. The summed E-state index contributed by atoms with van der Waals surface area (Å²) in [7, 11) is 0. The molecule has 5 rings (SSSR count). The molecule has 2 aliphatic rings. The van der Waals surface area contributed by atoms with Gasteiger partial charge in [0.1, 0.15) is 5.75 Å². The molecule has 3 aromatic carbocycles. The van der Waals surface area contributed by atoms with E-state index in [-0.39, 0.29) is 5.91 Å². The highest BCUT2D eigenvalue weighted by Crippen LogP contribution is 2.21. The van der Waals surface area contributed by atoms with E-state index in [0.717, 1.165) is 86.7 Å². The fourth-order valence-electron chi connectivity index (χ4n) is 5.76. The van der Waals surface area contributed by atoms with Gasteiger partial charge in [-0.3, -0.25) is 9.69 Å². The molecule has 0 saturated carbocycles. The zero-order valence-electron chi connectivity index (χ0n) is 22.3. The third-order valence-corrected chi connectivity index (χ3v) is 7.95. The summed E-state index contributed by atoms with van der Waals surface area (Å²) in [4.78, 5) is 20.3. The second kappa shape index (κ2) is 12.6. The number of benzene rings is 3. The lowest BCUT2D eigenvalue weighted by molar-refractivity contribution is 0.0640. The van der Waals surface area contributed by atoms with Gasteiger partial charge in [0, 0.05) is 51.4 Å². The van der Waals surface area contributed by atoms with Crippen LogP contribution < -0.4 is 4.74 Å². The molecule has 2 fully saturated rings. The van der Waals surface area contributed by atoms with Gasteiger partial charge in [-0.05, 0) is 72.7 Å². The summed E-state index contributed by atoms with van der Waals surface area (Å²) in [6, 6.07) is 22.8. The van der Waals surface area contributed by atoms with E-state index >= 15 is 0 Å². The Bertz CT molecular complexity index is 1150. The summed E-state index contributed by atoms with van der Waals surface area (Å²) in [5, 5.41) is 2.16. The maximum Gasteiger partial charge on any atom is 0.254 e. The number of likely N-dealkylation sites (tertiary alicyclic amines) is 1. The second-order valence-corrected chi connectivity index (χ2v) is 10.8. The normalized spacial score (nSPS) is 19.3. The predicted molar refractivity (Wildman–Crippen MR) is 151 cm³/mol. The highest BCUT2D eigenvalue weighted by Gasteiger charge is 2.23. The van der Waals surface area contributed by atoms with Crippen LogP contribution in [-0.4, -0.2) is 79.6 Å². The molecule has 0 radical (unpaired) electrons. The molecule has 2 aliphatic heterocycles. The first-order valence-electron chi connectivity index (χ1n) is 14.1. The third kappa shape index (κ3) is 6.91. The van der Waals surface area contributed by atoms with Crippen molar-refractivity contribution in [3.63, 3.8) is 0 Å². The number of carbonyl (C=O) groups excluding carboxylic acids is 1. The molecular weight excluding hydrogens is 458 g/mol. The number of amides is 1. The number of ether oxygens (including phenoxy) is 1. The number of hydrogen-bond acceptors (Lipinski definition) is 4. The van der Waals surface area contributed by atoms with Crippen LogP contribution in [0.2, 0.25) is 0 Å². The highest BCUT2D eigenvalue weighted by atomic mass is 16.5. The van der Waals surface area contributed by atoms with Gasteiger partial charge >= 0.3 is 0 Å². The smallest absolute Gasteiger partial charge is 0.254 e. The van der Waals surface area contributed by atoms with Crippen molar-refractivity contribution in [1.82, 2.24) is 14.7 Å². The second-order valence-electron chi connectivity index (χ2n) is 10.8. The monoisotopic (exact) mass is 499 g/mol. The van der Waals surface area contributed by atoms with Crippen LogP contribution in [0.3, 0.4) is 0 Å². The Kier molecular flexibility index (Phi) is 8.75. The predicted octanol–water partition coefficient (Wildman–Crippen LogP) is 5.34. The van der Waals surface area contributed by atoms with Crippen molar-refractivity contribution in [3.05, 3.63) is 77.9 Å². The summed E-state index contributed by atoms with van der Waals surface area (Å²) in [5.74, 6) is 1.96. The minimum atomic E-state index is 0.150. The standard InChI is InChI=1S/C32H41N3O2/c1-26-7-5-17-34(25-26)18-6-24-37-29-14-12-27(13-15-29)16-19-33-20-22-35(23-21-33)32(36)31-11-4-9-28-8-2-3-10-30(28)31/h2-4,8-15,26H,5-7,16-25H2,1H3. The van der Waals surface area contributed by atoms with Crippen LogP contribution in [-0.2, 0) is 6.42 Å². The van der Waals surface area contributed by atoms with E-state index in [1.807, 2.05) is 35.2 Å². The van der Waals surface area contributed by atoms with Crippen molar-refractivity contribution in [2.75, 3.05) is 59.0 Å². The third-order valence-electron chi connectivity index (χ3n) is 7.95. The van der Waals surface area contributed by atoms with Crippen molar-refractivity contribution in [3.8, 4) is 5.75 Å². The SMILES string of the molecule is CC1CCCN(CCCOc2ccc(CCN3CCN(C(=O)c4cccc5ccccc45)CC3)cc2)C1. The molecule has 196 valence electrons. The van der Waals surface area contributed by atoms with Gasteiger partial charge in [0.25, 0.3) is 5.91 Å². The van der Waals surface area contributed by atoms with Crippen LogP contribution in [0.25, 0.3) is 10.8 Å². The Hall–Kier alpha value is -2.89. The fourth-order valence-corrected chi connectivity index (χ4v) is 5.76. The van der Waals surface area contributed by atoms with Gasteiger partial charge in [-0.1, -0.05) is 55.5 Å². The largest absolute Gasteiger partial charge is 0.494 e. The average molecular weight is 500 g/mol. The number of fused-ring (bicyclic) bond motifs is 1. The van der Waals surface area contributed by atoms with Crippen LogP contribution in [0.1, 0.15) is 42.1 Å². The van der Waals surface area contributed by atoms with E-state index in [1.165, 1.54) is 31.5 Å². The van der Waals surface area contributed by atoms with Crippen LogP contribution in [0.5, 0.6) is 5.75 Å². The van der Waals surface area contributed by atoms with E-state index in [2.05, 4.69) is 53.1 Å². The first-order chi connectivity index (χ1) is 18.2. The number of piperidine rings is 1. The Morgan fingerprint density at radius 2 is 1.65 bits per heavy atom. The quantitative estimate of drug-likeness (QED) is 0.372. The molecule has 0 bridgehead atoms. The zero-order chi connectivity index (χ0) is 25.5. The molecule has 5 nitrogen and oxygen atoms in total. The highest BCUT2D eigenvalue weighted by molar-refractivity contribution is 6.07. The Balaban J connectivity index is 1.02. The number of rotatable bonds is 9. The fraction of sp³-hybridized carbons (Fsp3) is 0.469. The molecule has 2 heterocycles. The summed E-state index contributed by atoms with van der Waals surface area (Å²) < 4.78 is 6.00. The van der Waals surface area contributed by atoms with Crippen molar-refractivity contribution in [1.29, 1.82) is 0 Å². The zero-order valence-corrected chi connectivity index (χ0v) is 22.3. The van der Waals surface area contributed by atoms with Crippen LogP contribution in [0.15, 0.2) is 66.7 Å². The lowest BCUT2D eigenvalue weighted by Gasteiger charge is -2.35. The van der Waals surface area contributed by atoms with Gasteiger partial charge in [-0.2, -0.15) is 0 Å². The topological polar surface area (TPSA) is 36.0 Å². The van der Waals surface area contributed by atoms with E-state index < -0.39 is 0 Å². The van der Waals surface area contributed by atoms with Crippen molar-refractivity contribution in [2.24, 2.45) is 5.92 Å². The molecule has 1 amide bonds. The maximum absolute atomic E-state index is 13.2. The van der Waals surface area contributed by atoms with Gasteiger partial charge in [-0.25, -0.2) is 0 Å². The van der Waals surface area contributed by atoms with E-state index in [9.17, 15) is 4.79 Å². The number of nitrogens with zero attached hydrogens (tertiary/aromatic N) is 3. The molecule has 1 unspecified atom stereocenters. The molecule has 0 N–H and O–H groups in total. The lowest BCUT2D eigenvalue weighted by atomic mass is 10.0. The average Bonchev–Trinajstić information content (AvgIpc) is 2.94. The van der Waals surface area contributed by atoms with Gasteiger partial charge in [0.2, 0.25) is 0 Å². The Morgan fingerprint density at radius 3 is 2.46 bits per heavy atom. The minimum absolute atomic E-state index is 0.150. The van der Waals surface area contributed by atoms with Crippen LogP contribution in [0.4, 0.5) is 0 Å². The number of hydrogen-bond donors (Lipinski definition) is 0. The molecular formula is C32H41N3O2. The minimum Gasteiger partial charge on any atom is -0.494 e. The van der Waals surface area contributed by atoms with Gasteiger partial charge < -0.3 is 14.5 Å². The lowest BCUT2D eigenvalue weighted by Crippen LogP contribution is -2.49.